The van der Waals surface area contributed by atoms with Gasteiger partial charge >= 0.3 is 0 Å². The molecule has 0 aliphatic rings. The molecule has 0 saturated carbocycles. The van der Waals surface area contributed by atoms with E-state index in [2.05, 4.69) is 4.98 Å². The maximum atomic E-state index is 5.70. The molecule has 0 spiro atoms. The zero-order chi connectivity index (χ0) is 8.55. The second-order valence-electron chi connectivity index (χ2n) is 2.63. The summed E-state index contributed by atoms with van der Waals surface area (Å²) in [5.74, 6) is 0. The molecule has 0 aliphatic carbocycles. The lowest BCUT2D eigenvalue weighted by Crippen LogP contribution is -1.95. The first kappa shape index (κ1) is 9.83. The maximum Gasteiger partial charge on any atom is 0.160 e. The lowest BCUT2D eigenvalue weighted by Gasteiger charge is -1.94. The summed E-state index contributed by atoms with van der Waals surface area (Å²) >= 11 is 0. The third-order valence-corrected chi connectivity index (χ3v) is 1.77. The zero-order valence-electron chi connectivity index (χ0n) is 6.97. The number of imidazole rings is 1. The highest BCUT2D eigenvalue weighted by Crippen LogP contribution is 2.11. The van der Waals surface area contributed by atoms with Gasteiger partial charge in [-0.3, -0.25) is 0 Å². The summed E-state index contributed by atoms with van der Waals surface area (Å²) in [5.41, 5.74) is 13.5. The van der Waals surface area contributed by atoms with E-state index in [0.717, 1.165) is 11.3 Å². The third-order valence-electron chi connectivity index (χ3n) is 1.77. The average Bonchev–Trinajstić information content (AvgIpc) is 2.49. The molecule has 13 heavy (non-hydrogen) atoms. The normalized spacial score (nSPS) is 9.92. The fourth-order valence-corrected chi connectivity index (χ4v) is 1.18. The summed E-state index contributed by atoms with van der Waals surface area (Å²) in [5, 5.41) is 0. The number of anilines is 1. The van der Waals surface area contributed by atoms with E-state index in [0.29, 0.717) is 12.2 Å². The second-order valence-corrected chi connectivity index (χ2v) is 2.63. The van der Waals surface area contributed by atoms with Gasteiger partial charge in [-0.05, 0) is 12.1 Å². The van der Waals surface area contributed by atoms with Gasteiger partial charge in [0.1, 0.15) is 0 Å². The van der Waals surface area contributed by atoms with E-state index >= 15 is 0 Å². The molecule has 0 unspecified atom stereocenters. The molecule has 2 rings (SSSR count). The van der Waals surface area contributed by atoms with Crippen molar-refractivity contribution < 1.29 is 0 Å². The number of nitrogens with two attached hydrogens (primary N) is 2. The summed E-state index contributed by atoms with van der Waals surface area (Å²) in [4.78, 5) is 4.24. The number of hydrogen-bond acceptors (Lipinski definition) is 3. The lowest BCUT2D eigenvalue weighted by atomic mass is 10.4. The predicted molar refractivity (Wildman–Crippen MR) is 54.7 cm³/mol. The Balaban J connectivity index is 0.000000845. The van der Waals surface area contributed by atoms with Crippen LogP contribution in [0.4, 0.5) is 5.69 Å². The van der Waals surface area contributed by atoms with Crippen LogP contribution < -0.4 is 11.5 Å². The molecule has 5 heteroatoms. The highest BCUT2D eigenvalue weighted by molar-refractivity contribution is 5.85. The van der Waals surface area contributed by atoms with Crippen molar-refractivity contribution >= 4 is 23.7 Å². The summed E-state index contributed by atoms with van der Waals surface area (Å²) in [7, 11) is 0. The van der Waals surface area contributed by atoms with Crippen molar-refractivity contribution in [2.24, 2.45) is 5.73 Å². The van der Waals surface area contributed by atoms with Crippen LogP contribution >= 0.6 is 12.4 Å². The van der Waals surface area contributed by atoms with Gasteiger partial charge in [0.05, 0.1) is 11.4 Å². The Morgan fingerprint density at radius 1 is 1.46 bits per heavy atom. The van der Waals surface area contributed by atoms with E-state index in [-0.39, 0.29) is 12.4 Å². The second kappa shape index (κ2) is 3.64. The molecular weight excluding hydrogens is 188 g/mol. The molecule has 2 aromatic rings. The van der Waals surface area contributed by atoms with Crippen molar-refractivity contribution in [1.82, 2.24) is 9.38 Å². The number of hydrogen-bond donors (Lipinski definition) is 2. The summed E-state index contributed by atoms with van der Waals surface area (Å²) in [6.07, 6.45) is 3.78. The van der Waals surface area contributed by atoms with Crippen LogP contribution in [0.1, 0.15) is 5.69 Å². The van der Waals surface area contributed by atoms with Gasteiger partial charge in [-0.25, -0.2) is 4.98 Å². The van der Waals surface area contributed by atoms with Crippen molar-refractivity contribution in [3.05, 3.63) is 30.2 Å². The van der Waals surface area contributed by atoms with E-state index in [1.807, 2.05) is 28.9 Å². The van der Waals surface area contributed by atoms with Gasteiger partial charge < -0.3 is 15.9 Å². The number of pyridine rings is 1. The average molecular weight is 199 g/mol. The van der Waals surface area contributed by atoms with Gasteiger partial charge in [-0.2, -0.15) is 0 Å². The van der Waals surface area contributed by atoms with Crippen molar-refractivity contribution in [3.8, 4) is 0 Å². The molecule has 4 N–H and O–H groups in total. The van der Waals surface area contributed by atoms with Gasteiger partial charge in [0, 0.05) is 18.9 Å². The predicted octanol–water partition coefficient (Wildman–Crippen LogP) is 0.797. The largest absolute Gasteiger partial charge is 0.396 e. The molecule has 0 amide bonds. The molecule has 0 saturated heterocycles. The Morgan fingerprint density at radius 3 is 2.85 bits per heavy atom. The molecule has 4 nitrogen and oxygen atoms in total. The Kier molecular flexibility index (Phi) is 2.75. The van der Waals surface area contributed by atoms with E-state index in [1.165, 1.54) is 0 Å². The number of nitrogens with zero attached hydrogens (tertiary/aromatic N) is 2. The standard InChI is InChI=1S/C8H10N4.ClH/c9-4-6-5-12-3-1-2-7(10)8(12)11-6;/h1-3,5H,4,9-10H2;1H. The third kappa shape index (κ3) is 1.59. The summed E-state index contributed by atoms with van der Waals surface area (Å²) in [6, 6.07) is 3.70. The van der Waals surface area contributed by atoms with Crippen LogP contribution in [0.2, 0.25) is 0 Å². The molecule has 70 valence electrons. The molecule has 0 fully saturated rings. The van der Waals surface area contributed by atoms with E-state index in [9.17, 15) is 0 Å². The lowest BCUT2D eigenvalue weighted by molar-refractivity contribution is 1.02. The van der Waals surface area contributed by atoms with Gasteiger partial charge in [0.2, 0.25) is 0 Å². The Hall–Kier alpha value is -1.26. The minimum absolute atomic E-state index is 0. The first-order valence-corrected chi connectivity index (χ1v) is 3.73. The number of aromatic nitrogens is 2. The number of fused-ring (bicyclic) bond motifs is 1. The van der Waals surface area contributed by atoms with Crippen LogP contribution in [0.25, 0.3) is 5.65 Å². The van der Waals surface area contributed by atoms with E-state index in [1.54, 1.807) is 0 Å². The Morgan fingerprint density at radius 2 is 2.23 bits per heavy atom. The first-order valence-electron chi connectivity index (χ1n) is 3.73. The molecule has 0 atom stereocenters. The molecular formula is C8H11ClN4. The van der Waals surface area contributed by atoms with Crippen molar-refractivity contribution in [2.45, 2.75) is 6.54 Å². The molecule has 2 heterocycles. The molecule has 2 aromatic heterocycles. The Labute approximate surface area is 82.0 Å². The summed E-state index contributed by atoms with van der Waals surface area (Å²) < 4.78 is 1.87. The molecule has 0 aromatic carbocycles. The van der Waals surface area contributed by atoms with Crippen LogP contribution in [0, 0.1) is 0 Å². The Bertz CT molecular complexity index is 409. The highest BCUT2D eigenvalue weighted by atomic mass is 35.5. The van der Waals surface area contributed by atoms with Crippen LogP contribution in [0.15, 0.2) is 24.5 Å². The number of rotatable bonds is 1. The minimum Gasteiger partial charge on any atom is -0.396 e. The van der Waals surface area contributed by atoms with Crippen LogP contribution in [-0.2, 0) is 6.54 Å². The molecule has 0 radical (unpaired) electrons. The van der Waals surface area contributed by atoms with Gasteiger partial charge in [-0.15, -0.1) is 12.4 Å². The fraction of sp³-hybridized carbons (Fsp3) is 0.125. The van der Waals surface area contributed by atoms with Crippen LogP contribution in [0.3, 0.4) is 0 Å². The molecule has 0 aliphatic heterocycles. The summed E-state index contributed by atoms with van der Waals surface area (Å²) in [6.45, 7) is 0.446. The topological polar surface area (TPSA) is 69.3 Å². The van der Waals surface area contributed by atoms with Crippen molar-refractivity contribution in [1.29, 1.82) is 0 Å². The van der Waals surface area contributed by atoms with Gasteiger partial charge in [0.15, 0.2) is 5.65 Å². The van der Waals surface area contributed by atoms with Crippen LogP contribution in [-0.4, -0.2) is 9.38 Å². The quantitative estimate of drug-likeness (QED) is 0.712. The van der Waals surface area contributed by atoms with Crippen molar-refractivity contribution in [3.63, 3.8) is 0 Å². The number of nitrogen functional groups attached to an aromatic ring is 1. The van der Waals surface area contributed by atoms with Gasteiger partial charge in [-0.1, -0.05) is 0 Å². The maximum absolute atomic E-state index is 5.70. The van der Waals surface area contributed by atoms with Gasteiger partial charge in [0.25, 0.3) is 0 Å². The minimum atomic E-state index is 0. The van der Waals surface area contributed by atoms with E-state index in [4.69, 9.17) is 11.5 Å². The highest BCUT2D eigenvalue weighted by Gasteiger charge is 2.01. The number of halogens is 1. The fourth-order valence-electron chi connectivity index (χ4n) is 1.18. The monoisotopic (exact) mass is 198 g/mol. The smallest absolute Gasteiger partial charge is 0.160 e. The SMILES string of the molecule is Cl.NCc1cn2cccc(N)c2n1. The molecule has 0 bridgehead atoms. The zero-order valence-corrected chi connectivity index (χ0v) is 7.79. The van der Waals surface area contributed by atoms with Crippen molar-refractivity contribution in [2.75, 3.05) is 5.73 Å². The first-order chi connectivity index (χ1) is 5.81. The van der Waals surface area contributed by atoms with Crippen LogP contribution in [0.5, 0.6) is 0 Å². The van der Waals surface area contributed by atoms with E-state index < -0.39 is 0 Å².